The van der Waals surface area contributed by atoms with Crippen molar-refractivity contribution in [1.29, 1.82) is 0 Å². The van der Waals surface area contributed by atoms with E-state index in [9.17, 15) is 0 Å². The zero-order chi connectivity index (χ0) is 10.7. The van der Waals surface area contributed by atoms with Crippen LogP contribution in [0.1, 0.15) is 26.7 Å². The third kappa shape index (κ3) is 3.38. The van der Waals surface area contributed by atoms with Crippen molar-refractivity contribution in [1.82, 2.24) is 5.32 Å². The molecule has 3 atom stereocenters. The molecule has 0 radical (unpaired) electrons. The molecule has 86 valence electrons. The second kappa shape index (κ2) is 5.21. The van der Waals surface area contributed by atoms with Gasteiger partial charge in [0.25, 0.3) is 0 Å². The summed E-state index contributed by atoms with van der Waals surface area (Å²) in [7, 11) is 0. The van der Waals surface area contributed by atoms with Crippen molar-refractivity contribution in [3.63, 3.8) is 0 Å². The second-order valence-electron chi connectivity index (χ2n) is 4.61. The molecule has 3 unspecified atom stereocenters. The maximum absolute atomic E-state index is 5.53. The molecule has 15 heavy (non-hydrogen) atoms. The van der Waals surface area contributed by atoms with E-state index in [0.29, 0.717) is 12.1 Å². The maximum Gasteiger partial charge on any atom is 0.156 e. The van der Waals surface area contributed by atoms with Crippen molar-refractivity contribution >= 4 is 16.9 Å². The van der Waals surface area contributed by atoms with Gasteiger partial charge < -0.3 is 10.1 Å². The molecule has 2 aliphatic rings. The number of hydrogen-bond donors (Lipinski definition) is 1. The fraction of sp³-hybridized carbons (Fsp3) is 0.909. The SMILES string of the molecule is CC1CN=C(NC2CCOC(C)C2)SC1. The van der Waals surface area contributed by atoms with Gasteiger partial charge in [0.05, 0.1) is 6.10 Å². The molecule has 1 N–H and O–H groups in total. The van der Waals surface area contributed by atoms with E-state index in [4.69, 9.17) is 4.74 Å². The smallest absolute Gasteiger partial charge is 0.156 e. The Morgan fingerprint density at radius 2 is 2.33 bits per heavy atom. The average Bonchev–Trinajstić information content (AvgIpc) is 2.22. The topological polar surface area (TPSA) is 33.6 Å². The molecule has 0 aromatic heterocycles. The van der Waals surface area contributed by atoms with Crippen LogP contribution in [0.5, 0.6) is 0 Å². The molecule has 0 aromatic carbocycles. The van der Waals surface area contributed by atoms with Crippen molar-refractivity contribution in [2.45, 2.75) is 38.8 Å². The maximum atomic E-state index is 5.53. The molecule has 0 aromatic rings. The van der Waals surface area contributed by atoms with Gasteiger partial charge in [0.1, 0.15) is 0 Å². The molecule has 0 bridgehead atoms. The minimum atomic E-state index is 0.393. The van der Waals surface area contributed by atoms with Crippen molar-refractivity contribution in [2.75, 3.05) is 18.9 Å². The molecule has 4 heteroatoms. The molecule has 0 saturated carbocycles. The van der Waals surface area contributed by atoms with Crippen LogP contribution >= 0.6 is 11.8 Å². The van der Waals surface area contributed by atoms with Crippen LogP contribution in [0.4, 0.5) is 0 Å². The van der Waals surface area contributed by atoms with Crippen LogP contribution < -0.4 is 5.32 Å². The highest BCUT2D eigenvalue weighted by Gasteiger charge is 2.21. The van der Waals surface area contributed by atoms with E-state index in [1.54, 1.807) is 0 Å². The Balaban J connectivity index is 1.81. The Bertz CT molecular complexity index is 245. The van der Waals surface area contributed by atoms with E-state index in [1.165, 1.54) is 5.75 Å². The van der Waals surface area contributed by atoms with Crippen LogP contribution in [0.2, 0.25) is 0 Å². The van der Waals surface area contributed by atoms with Gasteiger partial charge >= 0.3 is 0 Å². The van der Waals surface area contributed by atoms with Crippen LogP contribution in [-0.4, -0.2) is 36.2 Å². The van der Waals surface area contributed by atoms with Crippen molar-refractivity contribution in [3.05, 3.63) is 0 Å². The lowest BCUT2D eigenvalue weighted by molar-refractivity contribution is 0.0168. The van der Waals surface area contributed by atoms with Gasteiger partial charge in [-0.1, -0.05) is 18.7 Å². The Kier molecular flexibility index (Phi) is 3.92. The Morgan fingerprint density at radius 3 is 3.00 bits per heavy atom. The molecule has 2 rings (SSSR count). The quantitative estimate of drug-likeness (QED) is 0.744. The van der Waals surface area contributed by atoms with Gasteiger partial charge in [0.2, 0.25) is 0 Å². The van der Waals surface area contributed by atoms with E-state index in [-0.39, 0.29) is 0 Å². The molecule has 1 saturated heterocycles. The van der Waals surface area contributed by atoms with E-state index in [2.05, 4.69) is 24.2 Å². The normalized spacial score (nSPS) is 37.2. The number of thioether (sulfide) groups is 1. The van der Waals surface area contributed by atoms with Crippen molar-refractivity contribution in [3.8, 4) is 0 Å². The molecule has 2 heterocycles. The summed E-state index contributed by atoms with van der Waals surface area (Å²) in [4.78, 5) is 4.56. The van der Waals surface area contributed by atoms with E-state index >= 15 is 0 Å². The predicted molar refractivity (Wildman–Crippen MR) is 65.5 cm³/mol. The monoisotopic (exact) mass is 228 g/mol. The molecule has 3 nitrogen and oxygen atoms in total. The number of hydrogen-bond acceptors (Lipinski definition) is 4. The van der Waals surface area contributed by atoms with Crippen LogP contribution in [0.25, 0.3) is 0 Å². The van der Waals surface area contributed by atoms with E-state index < -0.39 is 0 Å². The molecule has 0 aliphatic carbocycles. The number of nitrogens with one attached hydrogen (secondary N) is 1. The lowest BCUT2D eigenvalue weighted by Crippen LogP contribution is -2.41. The van der Waals surface area contributed by atoms with Gasteiger partial charge in [-0.25, -0.2) is 0 Å². The van der Waals surface area contributed by atoms with Gasteiger partial charge in [-0.15, -0.1) is 0 Å². The first-order valence-electron chi connectivity index (χ1n) is 5.79. The van der Waals surface area contributed by atoms with Crippen molar-refractivity contribution in [2.24, 2.45) is 10.9 Å². The summed E-state index contributed by atoms with van der Waals surface area (Å²) in [5.74, 6) is 1.93. The van der Waals surface area contributed by atoms with Crippen LogP contribution in [0.3, 0.4) is 0 Å². The summed E-state index contributed by atoms with van der Waals surface area (Å²) in [6.45, 7) is 6.26. The standard InChI is InChI=1S/C11H20N2OS/c1-8-6-12-11(15-7-8)13-10-3-4-14-9(2)5-10/h8-10H,3-7H2,1-2H3,(H,12,13). The highest BCUT2D eigenvalue weighted by Crippen LogP contribution is 2.19. The lowest BCUT2D eigenvalue weighted by Gasteiger charge is -2.30. The minimum Gasteiger partial charge on any atom is -0.378 e. The fourth-order valence-electron chi connectivity index (χ4n) is 1.95. The summed E-state index contributed by atoms with van der Waals surface area (Å²) in [5, 5.41) is 4.69. The summed E-state index contributed by atoms with van der Waals surface area (Å²) in [6, 6.07) is 0.563. The van der Waals surface area contributed by atoms with Crippen molar-refractivity contribution < 1.29 is 4.74 Å². The Morgan fingerprint density at radius 1 is 1.47 bits per heavy atom. The number of amidine groups is 1. The largest absolute Gasteiger partial charge is 0.378 e. The second-order valence-corrected chi connectivity index (χ2v) is 5.62. The van der Waals surface area contributed by atoms with E-state index in [1.807, 2.05) is 11.8 Å². The predicted octanol–water partition coefficient (Wildman–Crippen LogP) is 1.88. The first kappa shape index (κ1) is 11.3. The molecule has 1 fully saturated rings. The van der Waals surface area contributed by atoms with E-state index in [0.717, 1.165) is 37.1 Å². The van der Waals surface area contributed by atoms with Gasteiger partial charge in [-0.05, 0) is 25.7 Å². The lowest BCUT2D eigenvalue weighted by atomic mass is 10.1. The van der Waals surface area contributed by atoms with Gasteiger partial charge in [0.15, 0.2) is 5.17 Å². The van der Waals surface area contributed by atoms with Gasteiger partial charge in [-0.3, -0.25) is 4.99 Å². The fourth-order valence-corrected chi connectivity index (χ4v) is 2.91. The minimum absolute atomic E-state index is 0.393. The molecule has 0 spiro atoms. The number of aliphatic imine (C=N–C) groups is 1. The number of nitrogens with zero attached hydrogens (tertiary/aromatic N) is 1. The molecular weight excluding hydrogens is 208 g/mol. The first-order chi connectivity index (χ1) is 7.24. The van der Waals surface area contributed by atoms with Crippen LogP contribution in [0.15, 0.2) is 4.99 Å². The van der Waals surface area contributed by atoms with Gasteiger partial charge in [-0.2, -0.15) is 0 Å². The number of rotatable bonds is 1. The zero-order valence-corrected chi connectivity index (χ0v) is 10.3. The summed E-state index contributed by atoms with van der Waals surface area (Å²) in [6.07, 6.45) is 2.61. The molecule has 0 amide bonds. The summed E-state index contributed by atoms with van der Waals surface area (Å²) in [5.41, 5.74) is 0. The number of ether oxygens (including phenoxy) is 1. The molecule has 2 aliphatic heterocycles. The van der Waals surface area contributed by atoms with Crippen LogP contribution in [0, 0.1) is 5.92 Å². The summed E-state index contributed by atoms with van der Waals surface area (Å²) < 4.78 is 5.53. The third-order valence-corrected chi connectivity index (χ3v) is 4.12. The Hall–Kier alpha value is -0.220. The third-order valence-electron chi connectivity index (χ3n) is 2.86. The summed E-state index contributed by atoms with van der Waals surface area (Å²) >= 11 is 1.86. The van der Waals surface area contributed by atoms with Gasteiger partial charge in [0, 0.05) is 24.9 Å². The molecular formula is C11H20N2OS. The highest BCUT2D eigenvalue weighted by atomic mass is 32.2. The zero-order valence-electron chi connectivity index (χ0n) is 9.53. The average molecular weight is 228 g/mol. The van der Waals surface area contributed by atoms with Crippen LogP contribution in [-0.2, 0) is 4.74 Å². The Labute approximate surface area is 96.1 Å². The first-order valence-corrected chi connectivity index (χ1v) is 6.78. The highest BCUT2D eigenvalue weighted by molar-refractivity contribution is 8.13.